The summed E-state index contributed by atoms with van der Waals surface area (Å²) in [6.45, 7) is 2.02. The number of aliphatic hydroxyl groups excluding tert-OH is 1. The van der Waals surface area contributed by atoms with Gasteiger partial charge in [-0.25, -0.2) is 0 Å². The van der Waals surface area contributed by atoms with E-state index in [9.17, 15) is 14.7 Å². The minimum Gasteiger partial charge on any atom is -0.393 e. The number of rotatable bonds is 4. The smallest absolute Gasteiger partial charge is 0.252 e. The first-order valence-electron chi connectivity index (χ1n) is 6.26. The summed E-state index contributed by atoms with van der Waals surface area (Å²) in [7, 11) is 0. The Hall–Kier alpha value is -1.66. The third-order valence-corrected chi connectivity index (χ3v) is 3.39. The minimum absolute atomic E-state index is 0.319. The second-order valence-corrected chi connectivity index (χ2v) is 5.55. The lowest BCUT2D eigenvalue weighted by Gasteiger charge is -2.09. The van der Waals surface area contributed by atoms with E-state index >= 15 is 0 Å². The number of amides is 1. The average molecular weight is 339 g/mol. The quantitative estimate of drug-likeness (QED) is 0.794. The maximum Gasteiger partial charge on any atom is 0.252 e. The van der Waals surface area contributed by atoms with Crippen LogP contribution in [0.4, 0.5) is 0 Å². The number of pyridine rings is 1. The molecule has 3 N–H and O–H groups in total. The Morgan fingerprint density at radius 2 is 2.20 bits per heavy atom. The SMILES string of the molecule is CC(O)CCNC(=O)c1cc(=O)[nH]c2ccc(Br)cc12. The van der Waals surface area contributed by atoms with Gasteiger partial charge in [-0.15, -0.1) is 0 Å². The zero-order valence-corrected chi connectivity index (χ0v) is 12.5. The molecule has 1 aromatic heterocycles. The van der Waals surface area contributed by atoms with E-state index in [0.717, 1.165) is 4.47 Å². The van der Waals surface area contributed by atoms with E-state index in [4.69, 9.17) is 0 Å². The fraction of sp³-hybridized carbons (Fsp3) is 0.286. The van der Waals surface area contributed by atoms with Gasteiger partial charge in [-0.3, -0.25) is 9.59 Å². The highest BCUT2D eigenvalue weighted by atomic mass is 79.9. The third kappa shape index (κ3) is 3.46. The number of aromatic amines is 1. The Kier molecular flexibility index (Phi) is 4.57. The molecule has 20 heavy (non-hydrogen) atoms. The molecule has 0 aliphatic heterocycles. The summed E-state index contributed by atoms with van der Waals surface area (Å²) in [5.41, 5.74) is 0.623. The fourth-order valence-corrected chi connectivity index (χ4v) is 2.26. The predicted molar refractivity (Wildman–Crippen MR) is 80.9 cm³/mol. The van der Waals surface area contributed by atoms with Crippen LogP contribution in [0.1, 0.15) is 23.7 Å². The number of benzene rings is 1. The average Bonchev–Trinajstić information content (AvgIpc) is 2.37. The van der Waals surface area contributed by atoms with Gasteiger partial charge in [0.25, 0.3) is 5.91 Å². The van der Waals surface area contributed by atoms with E-state index in [2.05, 4.69) is 26.2 Å². The summed E-state index contributed by atoms with van der Waals surface area (Å²) in [6, 6.07) is 6.61. The van der Waals surface area contributed by atoms with Crippen LogP contribution >= 0.6 is 15.9 Å². The summed E-state index contributed by atoms with van der Waals surface area (Å²) >= 11 is 3.35. The van der Waals surface area contributed by atoms with Crippen molar-refractivity contribution in [1.29, 1.82) is 0 Å². The number of halogens is 1. The number of H-pyrrole nitrogens is 1. The Labute approximate surface area is 124 Å². The highest BCUT2D eigenvalue weighted by Gasteiger charge is 2.12. The van der Waals surface area contributed by atoms with Gasteiger partial charge in [0.1, 0.15) is 0 Å². The van der Waals surface area contributed by atoms with Gasteiger partial charge in [0.15, 0.2) is 0 Å². The standard InChI is InChI=1S/C14H15BrN2O3/c1-8(18)4-5-16-14(20)11-7-13(19)17-12-3-2-9(15)6-10(11)12/h2-3,6-8,18H,4-5H2,1H3,(H,16,20)(H,17,19). The van der Waals surface area contributed by atoms with Crippen LogP contribution in [0.25, 0.3) is 10.9 Å². The van der Waals surface area contributed by atoms with Crippen molar-refractivity contribution in [1.82, 2.24) is 10.3 Å². The van der Waals surface area contributed by atoms with Gasteiger partial charge in [-0.1, -0.05) is 15.9 Å². The van der Waals surface area contributed by atoms with E-state index in [-0.39, 0.29) is 11.5 Å². The number of nitrogens with one attached hydrogen (secondary N) is 2. The molecular weight excluding hydrogens is 324 g/mol. The number of carbonyl (C=O) groups is 1. The topological polar surface area (TPSA) is 82.2 Å². The number of hydrogen-bond donors (Lipinski definition) is 3. The number of carbonyl (C=O) groups excluding carboxylic acids is 1. The summed E-state index contributed by atoms with van der Waals surface area (Å²) in [6.07, 6.45) is -0.00308. The van der Waals surface area contributed by atoms with Crippen LogP contribution in [0.2, 0.25) is 0 Å². The zero-order chi connectivity index (χ0) is 14.7. The number of fused-ring (bicyclic) bond motifs is 1. The number of hydrogen-bond acceptors (Lipinski definition) is 3. The molecule has 0 saturated carbocycles. The Morgan fingerprint density at radius 1 is 1.45 bits per heavy atom. The van der Waals surface area contributed by atoms with Crippen molar-refractivity contribution in [3.8, 4) is 0 Å². The molecule has 0 saturated heterocycles. The van der Waals surface area contributed by atoms with Crippen LogP contribution < -0.4 is 10.9 Å². The molecule has 0 aliphatic carbocycles. The maximum atomic E-state index is 12.1. The molecule has 1 unspecified atom stereocenters. The van der Waals surface area contributed by atoms with Gasteiger partial charge in [-0.2, -0.15) is 0 Å². The van der Waals surface area contributed by atoms with Crippen LogP contribution in [0, 0.1) is 0 Å². The van der Waals surface area contributed by atoms with E-state index in [1.807, 2.05) is 0 Å². The van der Waals surface area contributed by atoms with Crippen LogP contribution in [0.5, 0.6) is 0 Å². The van der Waals surface area contributed by atoms with Crippen LogP contribution in [0.15, 0.2) is 33.5 Å². The molecule has 2 aromatic rings. The van der Waals surface area contributed by atoms with Gasteiger partial charge in [0.2, 0.25) is 5.56 Å². The van der Waals surface area contributed by atoms with Crippen molar-refractivity contribution < 1.29 is 9.90 Å². The molecule has 0 spiro atoms. The molecule has 5 nitrogen and oxygen atoms in total. The van der Waals surface area contributed by atoms with Crippen molar-refractivity contribution in [2.24, 2.45) is 0 Å². The minimum atomic E-state index is -0.472. The largest absolute Gasteiger partial charge is 0.393 e. The summed E-state index contributed by atoms with van der Waals surface area (Å²) in [4.78, 5) is 26.4. The molecule has 6 heteroatoms. The molecule has 0 bridgehead atoms. The summed E-state index contributed by atoms with van der Waals surface area (Å²) < 4.78 is 0.829. The maximum absolute atomic E-state index is 12.1. The summed E-state index contributed by atoms with van der Waals surface area (Å²) in [5.74, 6) is -0.320. The molecule has 2 rings (SSSR count). The van der Waals surface area contributed by atoms with Gasteiger partial charge >= 0.3 is 0 Å². The van der Waals surface area contributed by atoms with Crippen LogP contribution in [-0.4, -0.2) is 28.6 Å². The molecule has 0 fully saturated rings. The van der Waals surface area contributed by atoms with Gasteiger partial charge in [-0.05, 0) is 31.5 Å². The van der Waals surface area contributed by atoms with Gasteiger partial charge < -0.3 is 15.4 Å². The molecule has 1 aromatic carbocycles. The second kappa shape index (κ2) is 6.19. The van der Waals surface area contributed by atoms with E-state index in [1.165, 1.54) is 6.07 Å². The van der Waals surface area contributed by atoms with E-state index < -0.39 is 6.10 Å². The highest BCUT2D eigenvalue weighted by molar-refractivity contribution is 9.10. The van der Waals surface area contributed by atoms with Crippen LogP contribution in [-0.2, 0) is 0 Å². The van der Waals surface area contributed by atoms with E-state index in [0.29, 0.717) is 29.4 Å². The zero-order valence-electron chi connectivity index (χ0n) is 10.9. The van der Waals surface area contributed by atoms with Crippen molar-refractivity contribution in [2.45, 2.75) is 19.4 Å². The Morgan fingerprint density at radius 3 is 2.90 bits per heavy atom. The Balaban J connectivity index is 2.35. The van der Waals surface area contributed by atoms with Crippen molar-refractivity contribution in [2.75, 3.05) is 6.54 Å². The summed E-state index contributed by atoms with van der Waals surface area (Å²) in [5, 5.41) is 12.6. The van der Waals surface area contributed by atoms with Gasteiger partial charge in [0.05, 0.1) is 11.7 Å². The third-order valence-electron chi connectivity index (χ3n) is 2.90. The molecule has 1 heterocycles. The lowest BCUT2D eigenvalue weighted by atomic mass is 10.1. The highest BCUT2D eigenvalue weighted by Crippen LogP contribution is 2.20. The van der Waals surface area contributed by atoms with Crippen molar-refractivity contribution in [3.63, 3.8) is 0 Å². The number of aliphatic hydroxyl groups is 1. The normalized spacial score (nSPS) is 12.3. The first-order valence-corrected chi connectivity index (χ1v) is 7.05. The monoisotopic (exact) mass is 338 g/mol. The van der Waals surface area contributed by atoms with E-state index in [1.54, 1.807) is 25.1 Å². The van der Waals surface area contributed by atoms with Gasteiger partial charge in [0, 0.05) is 28.0 Å². The number of aromatic nitrogens is 1. The Bertz CT molecular complexity index is 694. The molecule has 0 radical (unpaired) electrons. The molecule has 1 atom stereocenters. The first kappa shape index (κ1) is 14.7. The fourth-order valence-electron chi connectivity index (χ4n) is 1.90. The lowest BCUT2D eigenvalue weighted by Crippen LogP contribution is -2.27. The second-order valence-electron chi connectivity index (χ2n) is 4.63. The lowest BCUT2D eigenvalue weighted by molar-refractivity contribution is 0.0947. The first-order chi connectivity index (χ1) is 9.47. The predicted octanol–water partition coefficient (Wildman–Crippen LogP) is 1.79. The molecule has 106 valence electrons. The van der Waals surface area contributed by atoms with Crippen molar-refractivity contribution in [3.05, 3.63) is 44.7 Å². The molecule has 0 aliphatic rings. The van der Waals surface area contributed by atoms with Crippen LogP contribution in [0.3, 0.4) is 0 Å². The van der Waals surface area contributed by atoms with Crippen molar-refractivity contribution >= 4 is 32.7 Å². The molecule has 1 amide bonds. The molecular formula is C14H15BrN2O3.